The summed E-state index contributed by atoms with van der Waals surface area (Å²) >= 11 is 0. The number of aliphatic imine (C=N–C) groups is 1. The molecule has 0 radical (unpaired) electrons. The van der Waals surface area contributed by atoms with Gasteiger partial charge >= 0.3 is 5.97 Å². The number of ether oxygens (including phenoxy) is 1. The number of unbranched alkanes of at least 4 members (excludes halogenated alkanes) is 3. The average Bonchev–Trinajstić information content (AvgIpc) is 2.62. The summed E-state index contributed by atoms with van der Waals surface area (Å²) in [5, 5.41) is 6.49. The first-order valence-corrected chi connectivity index (χ1v) is 11.6. The second-order valence-corrected chi connectivity index (χ2v) is 8.68. The van der Waals surface area contributed by atoms with Gasteiger partial charge in [0.05, 0.1) is 11.5 Å². The van der Waals surface area contributed by atoms with Crippen LogP contribution in [0.3, 0.4) is 0 Å². The molecule has 0 aromatic heterocycles. The van der Waals surface area contributed by atoms with Gasteiger partial charge in [0.25, 0.3) is 0 Å². The van der Waals surface area contributed by atoms with Crippen LogP contribution in [0.15, 0.2) is 28.1 Å². The maximum absolute atomic E-state index is 11.7. The zero-order chi connectivity index (χ0) is 21.0. The summed E-state index contributed by atoms with van der Waals surface area (Å²) in [5.74, 6) is 0.585. The van der Waals surface area contributed by atoms with Gasteiger partial charge in [0.2, 0.25) is 0 Å². The fraction of sp³-hybridized carbons (Fsp3) is 0.600. The lowest BCUT2D eigenvalue weighted by Gasteiger charge is -2.13. The van der Waals surface area contributed by atoms with Gasteiger partial charge in [-0.1, -0.05) is 25.0 Å². The number of aryl methyl sites for hydroxylation is 1. The Morgan fingerprint density at radius 2 is 1.83 bits per heavy atom. The molecule has 7 nitrogen and oxygen atoms in total. The molecule has 29 heavy (non-hydrogen) atoms. The lowest BCUT2D eigenvalue weighted by Crippen LogP contribution is -2.37. The number of hydrogen-bond donors (Lipinski definition) is 2. The number of hydrogen-bond acceptors (Lipinski definition) is 5. The summed E-state index contributed by atoms with van der Waals surface area (Å²) in [6.07, 6.45) is 5.59. The summed E-state index contributed by atoms with van der Waals surface area (Å²) in [4.78, 5) is 15.8. The Morgan fingerprint density at radius 3 is 2.41 bits per heavy atom. The molecule has 0 spiro atoms. The molecule has 0 aliphatic rings. The number of benzene rings is 1. The van der Waals surface area contributed by atoms with Crippen LogP contribution in [-0.2, 0) is 25.9 Å². The molecule has 0 saturated carbocycles. The highest BCUT2D eigenvalue weighted by atomic mass is 127. The fourth-order valence-corrected chi connectivity index (χ4v) is 3.79. The molecule has 2 N–H and O–H groups in total. The first kappa shape index (κ1) is 27.6. The molecule has 1 rings (SSSR count). The van der Waals surface area contributed by atoms with Gasteiger partial charge in [0.1, 0.15) is 0 Å². The minimum Gasteiger partial charge on any atom is -0.466 e. The van der Waals surface area contributed by atoms with Crippen LogP contribution < -0.4 is 10.6 Å². The van der Waals surface area contributed by atoms with E-state index < -0.39 is 9.84 Å². The molecule has 0 heterocycles. The van der Waals surface area contributed by atoms with E-state index in [1.807, 2.05) is 19.1 Å². The fourth-order valence-electron chi connectivity index (χ4n) is 2.83. The van der Waals surface area contributed by atoms with Crippen LogP contribution in [0.2, 0.25) is 0 Å². The molecule has 0 fully saturated rings. The Morgan fingerprint density at radius 1 is 1.14 bits per heavy atom. The molecule has 0 bridgehead atoms. The molecule has 1 aromatic rings. The van der Waals surface area contributed by atoms with Crippen molar-refractivity contribution < 1.29 is 17.9 Å². The van der Waals surface area contributed by atoms with Gasteiger partial charge in [-0.25, -0.2) is 8.42 Å². The van der Waals surface area contributed by atoms with Crippen LogP contribution in [0.5, 0.6) is 0 Å². The number of guanidine groups is 1. The molecule has 9 heteroatoms. The predicted octanol–water partition coefficient (Wildman–Crippen LogP) is 3.20. The van der Waals surface area contributed by atoms with Crippen molar-refractivity contribution >= 4 is 45.7 Å². The van der Waals surface area contributed by atoms with Gasteiger partial charge in [-0.15, -0.1) is 24.0 Å². The third kappa shape index (κ3) is 11.4. The van der Waals surface area contributed by atoms with Gasteiger partial charge in [-0.3, -0.25) is 9.79 Å². The van der Waals surface area contributed by atoms with Crippen molar-refractivity contribution in [3.05, 3.63) is 29.3 Å². The largest absolute Gasteiger partial charge is 0.466 e. The molecule has 0 aliphatic carbocycles. The van der Waals surface area contributed by atoms with Crippen LogP contribution in [0.1, 0.15) is 50.2 Å². The van der Waals surface area contributed by atoms with E-state index in [4.69, 9.17) is 4.74 Å². The predicted molar refractivity (Wildman–Crippen MR) is 128 cm³/mol. The maximum atomic E-state index is 11.7. The van der Waals surface area contributed by atoms with Crippen LogP contribution in [0.25, 0.3) is 0 Å². The van der Waals surface area contributed by atoms with Crippen LogP contribution >= 0.6 is 24.0 Å². The monoisotopic (exact) mass is 539 g/mol. The number of sulfone groups is 1. The number of rotatable bonds is 11. The van der Waals surface area contributed by atoms with Crippen molar-refractivity contribution in [2.75, 3.05) is 26.5 Å². The number of esters is 1. The van der Waals surface area contributed by atoms with Gasteiger partial charge in [-0.05, 0) is 43.9 Å². The molecule has 0 saturated heterocycles. The van der Waals surface area contributed by atoms with E-state index in [1.54, 1.807) is 20.0 Å². The maximum Gasteiger partial charge on any atom is 0.305 e. The normalized spacial score (nSPS) is 11.5. The van der Waals surface area contributed by atoms with Crippen molar-refractivity contribution in [3.8, 4) is 0 Å². The molecular weight excluding hydrogens is 505 g/mol. The van der Waals surface area contributed by atoms with Crippen LogP contribution in [-0.4, -0.2) is 46.8 Å². The summed E-state index contributed by atoms with van der Waals surface area (Å²) in [6, 6.07) is 5.33. The van der Waals surface area contributed by atoms with Gasteiger partial charge in [0, 0.05) is 32.8 Å². The molecule has 1 aromatic carbocycles. The summed E-state index contributed by atoms with van der Waals surface area (Å²) < 4.78 is 28.3. The Kier molecular flexibility index (Phi) is 13.9. The Labute approximate surface area is 192 Å². The van der Waals surface area contributed by atoms with E-state index >= 15 is 0 Å². The van der Waals surface area contributed by atoms with E-state index in [2.05, 4.69) is 15.6 Å². The third-order valence-corrected chi connectivity index (χ3v) is 5.48. The second kappa shape index (κ2) is 14.6. The standard InChI is InChI=1S/C20H33N3O4S.HI/c1-5-27-19(24)10-8-6-7-9-13-22-20(21-3)23-15-17-11-12-18(16(2)14-17)28(4,25)26;/h11-12,14H,5-10,13,15H2,1-4H3,(H2,21,22,23);1H. The molecular formula is C20H34IN3O4S. The Bertz CT molecular complexity index is 767. The number of carbonyl (C=O) groups excluding carboxylic acids is 1. The van der Waals surface area contributed by atoms with Crippen LogP contribution in [0.4, 0.5) is 0 Å². The van der Waals surface area contributed by atoms with Crippen molar-refractivity contribution in [2.45, 2.75) is 57.4 Å². The summed E-state index contributed by atoms with van der Waals surface area (Å²) in [7, 11) is -1.48. The SMILES string of the molecule is CCOC(=O)CCCCCCNC(=NC)NCc1ccc(S(C)(=O)=O)c(C)c1.I. The Hall–Kier alpha value is -1.36. The molecule has 0 aliphatic heterocycles. The lowest BCUT2D eigenvalue weighted by atomic mass is 10.1. The van der Waals surface area contributed by atoms with E-state index in [-0.39, 0.29) is 29.9 Å². The Balaban J connectivity index is 0.00000784. The summed E-state index contributed by atoms with van der Waals surface area (Å²) in [6.45, 7) is 5.41. The zero-order valence-corrected chi connectivity index (χ0v) is 20.9. The minimum absolute atomic E-state index is 0. The van der Waals surface area contributed by atoms with Crippen LogP contribution in [0, 0.1) is 6.92 Å². The number of carbonyl (C=O) groups is 1. The van der Waals surface area contributed by atoms with Crippen molar-refractivity contribution in [1.29, 1.82) is 0 Å². The van der Waals surface area contributed by atoms with Crippen molar-refractivity contribution in [1.82, 2.24) is 10.6 Å². The molecule has 166 valence electrons. The first-order valence-electron chi connectivity index (χ1n) is 9.67. The van der Waals surface area contributed by atoms with Gasteiger partial charge < -0.3 is 15.4 Å². The first-order chi connectivity index (χ1) is 13.3. The van der Waals surface area contributed by atoms with Crippen molar-refractivity contribution in [3.63, 3.8) is 0 Å². The molecule has 0 unspecified atom stereocenters. The van der Waals surface area contributed by atoms with E-state index in [1.165, 1.54) is 6.26 Å². The average molecular weight is 539 g/mol. The highest BCUT2D eigenvalue weighted by molar-refractivity contribution is 14.0. The molecule has 0 amide bonds. The van der Waals surface area contributed by atoms with E-state index in [9.17, 15) is 13.2 Å². The van der Waals surface area contributed by atoms with E-state index in [0.717, 1.165) is 43.4 Å². The van der Waals surface area contributed by atoms with E-state index in [0.29, 0.717) is 30.4 Å². The highest BCUT2D eigenvalue weighted by Gasteiger charge is 2.11. The zero-order valence-electron chi connectivity index (χ0n) is 17.8. The second-order valence-electron chi connectivity index (χ2n) is 6.69. The number of halogens is 1. The van der Waals surface area contributed by atoms with Gasteiger partial charge in [0.15, 0.2) is 15.8 Å². The highest BCUT2D eigenvalue weighted by Crippen LogP contribution is 2.16. The molecule has 0 atom stereocenters. The summed E-state index contributed by atoms with van der Waals surface area (Å²) in [5.41, 5.74) is 1.74. The third-order valence-electron chi connectivity index (χ3n) is 4.23. The quantitative estimate of drug-likeness (QED) is 0.148. The topological polar surface area (TPSA) is 96.9 Å². The lowest BCUT2D eigenvalue weighted by molar-refractivity contribution is -0.143. The van der Waals surface area contributed by atoms with Gasteiger partial charge in [-0.2, -0.15) is 0 Å². The minimum atomic E-state index is -3.20. The number of nitrogens with one attached hydrogen (secondary N) is 2. The van der Waals surface area contributed by atoms with Crippen molar-refractivity contribution in [2.24, 2.45) is 4.99 Å². The smallest absolute Gasteiger partial charge is 0.305 e. The number of nitrogens with zero attached hydrogens (tertiary/aromatic N) is 1.